The zero-order chi connectivity index (χ0) is 22.5. The molecule has 31 heavy (non-hydrogen) atoms. The summed E-state index contributed by atoms with van der Waals surface area (Å²) in [7, 11) is 0. The molecule has 0 bridgehead atoms. The lowest BCUT2D eigenvalue weighted by Crippen LogP contribution is -2.33. The van der Waals surface area contributed by atoms with Gasteiger partial charge in [-0.1, -0.05) is 17.7 Å². The third-order valence-corrected chi connectivity index (χ3v) is 4.93. The summed E-state index contributed by atoms with van der Waals surface area (Å²) in [6.07, 6.45) is 0.128. The summed E-state index contributed by atoms with van der Waals surface area (Å²) in [6.45, 7) is 3.50. The molecule has 0 radical (unpaired) electrons. The van der Waals surface area contributed by atoms with Crippen LogP contribution in [0, 0.1) is 13.8 Å². The summed E-state index contributed by atoms with van der Waals surface area (Å²) in [5, 5.41) is 10.4. The molecule has 3 amide bonds. The van der Waals surface area contributed by atoms with Crippen molar-refractivity contribution < 1.29 is 14.4 Å². The van der Waals surface area contributed by atoms with Crippen molar-refractivity contribution in [2.45, 2.75) is 20.3 Å². The van der Waals surface area contributed by atoms with Crippen LogP contribution in [0.1, 0.15) is 27.3 Å². The van der Waals surface area contributed by atoms with Gasteiger partial charge in [0.05, 0.1) is 24.3 Å². The van der Waals surface area contributed by atoms with Crippen molar-refractivity contribution in [1.29, 1.82) is 0 Å². The van der Waals surface area contributed by atoms with Gasteiger partial charge in [0.1, 0.15) is 0 Å². The number of rotatable bonds is 7. The fourth-order valence-corrected chi connectivity index (χ4v) is 3.26. The maximum atomic E-state index is 12.6. The number of nitrogens with two attached hydrogens (primary N) is 1. The average Bonchev–Trinajstić information content (AvgIpc) is 3.01. The molecule has 0 spiro atoms. The number of halogens is 1. The Kier molecular flexibility index (Phi) is 6.71. The second kappa shape index (κ2) is 9.44. The summed E-state index contributed by atoms with van der Waals surface area (Å²) in [4.78, 5) is 35.5. The summed E-state index contributed by atoms with van der Waals surface area (Å²) in [5.74, 6) is -1.33. The predicted molar refractivity (Wildman–Crippen MR) is 118 cm³/mol. The van der Waals surface area contributed by atoms with E-state index < -0.39 is 11.8 Å². The Labute approximate surface area is 184 Å². The van der Waals surface area contributed by atoms with E-state index in [1.807, 2.05) is 26.0 Å². The lowest BCUT2D eigenvalue weighted by Gasteiger charge is -2.09. The Balaban J connectivity index is 1.71. The van der Waals surface area contributed by atoms with Gasteiger partial charge in [-0.15, -0.1) is 0 Å². The smallest absolute Gasteiger partial charge is 0.251 e. The summed E-state index contributed by atoms with van der Waals surface area (Å²) >= 11 is 5.96. The van der Waals surface area contributed by atoms with Gasteiger partial charge in [-0.3, -0.25) is 14.4 Å². The maximum absolute atomic E-state index is 12.6. The number of carbonyl (C=O) groups is 3. The Bertz CT molecular complexity index is 1140. The fourth-order valence-electron chi connectivity index (χ4n) is 3.14. The van der Waals surface area contributed by atoms with Gasteiger partial charge in [0.2, 0.25) is 11.8 Å². The van der Waals surface area contributed by atoms with Crippen molar-refractivity contribution in [3.05, 3.63) is 76.1 Å². The summed E-state index contributed by atoms with van der Waals surface area (Å²) in [5.41, 5.74) is 9.09. The number of anilines is 1. The van der Waals surface area contributed by atoms with Gasteiger partial charge in [0.25, 0.3) is 5.91 Å². The van der Waals surface area contributed by atoms with Gasteiger partial charge in [-0.05, 0) is 56.3 Å². The number of amides is 3. The van der Waals surface area contributed by atoms with Crippen molar-refractivity contribution in [2.75, 3.05) is 11.9 Å². The molecule has 0 saturated heterocycles. The van der Waals surface area contributed by atoms with Crippen molar-refractivity contribution in [3.63, 3.8) is 0 Å². The van der Waals surface area contributed by atoms with E-state index in [0.717, 1.165) is 22.6 Å². The van der Waals surface area contributed by atoms with Gasteiger partial charge < -0.3 is 16.4 Å². The first kappa shape index (κ1) is 22.0. The molecule has 4 N–H and O–H groups in total. The number of nitrogens with zero attached hydrogens (tertiary/aromatic N) is 2. The van der Waals surface area contributed by atoms with Crippen LogP contribution in [0.3, 0.4) is 0 Å². The molecule has 3 aromatic rings. The van der Waals surface area contributed by atoms with Crippen LogP contribution in [0.25, 0.3) is 5.69 Å². The number of primary amides is 1. The largest absolute Gasteiger partial charge is 0.368 e. The monoisotopic (exact) mass is 439 g/mol. The molecule has 9 heteroatoms. The van der Waals surface area contributed by atoms with Crippen molar-refractivity contribution in [3.8, 4) is 5.69 Å². The lowest BCUT2D eigenvalue weighted by molar-refractivity contribution is -0.117. The standard InChI is InChI=1S/C22H22ClN5O3/c1-13-19(14(2)28(27-13)18-8-6-16(23)7-9-18)11-21(30)26-17-5-3-4-15(10-17)22(31)25-12-20(24)29/h3-10H,11-12H2,1-2H3,(H2,24,29)(H,25,31)(H,26,30). The second-order valence-corrected chi connectivity index (χ2v) is 7.43. The molecule has 0 saturated carbocycles. The number of aryl methyl sites for hydroxylation is 1. The van der Waals surface area contributed by atoms with Gasteiger partial charge in [0.15, 0.2) is 0 Å². The quantitative estimate of drug-likeness (QED) is 0.524. The van der Waals surface area contributed by atoms with Crippen LogP contribution in [0.4, 0.5) is 5.69 Å². The summed E-state index contributed by atoms with van der Waals surface area (Å²) < 4.78 is 1.78. The molecule has 8 nitrogen and oxygen atoms in total. The van der Waals surface area contributed by atoms with E-state index in [1.165, 1.54) is 6.07 Å². The first-order valence-electron chi connectivity index (χ1n) is 9.52. The molecule has 0 aliphatic rings. The Morgan fingerprint density at radius 3 is 2.48 bits per heavy atom. The maximum Gasteiger partial charge on any atom is 0.251 e. The summed E-state index contributed by atoms with van der Waals surface area (Å²) in [6, 6.07) is 13.7. The Morgan fingerprint density at radius 1 is 1.10 bits per heavy atom. The van der Waals surface area contributed by atoms with Crippen LogP contribution in [-0.4, -0.2) is 34.0 Å². The second-order valence-electron chi connectivity index (χ2n) is 6.99. The van der Waals surface area contributed by atoms with Gasteiger partial charge >= 0.3 is 0 Å². The van der Waals surface area contributed by atoms with E-state index in [9.17, 15) is 14.4 Å². The van der Waals surface area contributed by atoms with E-state index >= 15 is 0 Å². The molecule has 0 fully saturated rings. The van der Waals surface area contributed by atoms with Crippen LogP contribution < -0.4 is 16.4 Å². The molecule has 160 valence electrons. The van der Waals surface area contributed by atoms with Gasteiger partial charge in [-0.25, -0.2) is 4.68 Å². The lowest BCUT2D eigenvalue weighted by atomic mass is 10.1. The van der Waals surface area contributed by atoms with E-state index in [0.29, 0.717) is 16.3 Å². The van der Waals surface area contributed by atoms with E-state index in [4.69, 9.17) is 17.3 Å². The molecule has 1 heterocycles. The van der Waals surface area contributed by atoms with Crippen molar-refractivity contribution in [2.24, 2.45) is 5.73 Å². The predicted octanol–water partition coefficient (Wildman–Crippen LogP) is 2.54. The van der Waals surface area contributed by atoms with Crippen LogP contribution in [0.2, 0.25) is 5.02 Å². The van der Waals surface area contributed by atoms with Crippen LogP contribution >= 0.6 is 11.6 Å². The average molecular weight is 440 g/mol. The number of hydrogen-bond acceptors (Lipinski definition) is 4. The van der Waals surface area contributed by atoms with Gasteiger partial charge in [0, 0.05) is 27.5 Å². The highest BCUT2D eigenvalue weighted by Crippen LogP contribution is 2.21. The molecule has 2 aromatic carbocycles. The number of aromatic nitrogens is 2. The molecular formula is C22H22ClN5O3. The van der Waals surface area contributed by atoms with Crippen LogP contribution in [0.15, 0.2) is 48.5 Å². The van der Waals surface area contributed by atoms with E-state index in [-0.39, 0.29) is 18.9 Å². The molecule has 1 aromatic heterocycles. The van der Waals surface area contributed by atoms with E-state index in [1.54, 1.807) is 35.0 Å². The van der Waals surface area contributed by atoms with Gasteiger partial charge in [-0.2, -0.15) is 5.10 Å². The van der Waals surface area contributed by atoms with Crippen molar-refractivity contribution >= 4 is 35.0 Å². The topological polar surface area (TPSA) is 119 Å². The minimum absolute atomic E-state index is 0.128. The van der Waals surface area contributed by atoms with Crippen LogP contribution in [-0.2, 0) is 16.0 Å². The zero-order valence-electron chi connectivity index (χ0n) is 17.1. The normalized spacial score (nSPS) is 10.5. The first-order valence-corrected chi connectivity index (χ1v) is 9.90. The minimum Gasteiger partial charge on any atom is -0.368 e. The molecule has 3 rings (SSSR count). The Hall–Kier alpha value is -3.65. The molecule has 0 aliphatic carbocycles. The highest BCUT2D eigenvalue weighted by atomic mass is 35.5. The fraction of sp³-hybridized carbons (Fsp3) is 0.182. The number of nitrogens with one attached hydrogen (secondary N) is 2. The first-order chi connectivity index (χ1) is 14.7. The number of hydrogen-bond donors (Lipinski definition) is 3. The highest BCUT2D eigenvalue weighted by molar-refractivity contribution is 6.30. The SMILES string of the molecule is Cc1nn(-c2ccc(Cl)cc2)c(C)c1CC(=O)Nc1cccc(C(=O)NCC(N)=O)c1. The number of benzene rings is 2. The molecule has 0 atom stereocenters. The van der Waals surface area contributed by atoms with E-state index in [2.05, 4.69) is 15.7 Å². The molecular weight excluding hydrogens is 418 g/mol. The minimum atomic E-state index is -0.636. The third kappa shape index (κ3) is 5.49. The van der Waals surface area contributed by atoms with Crippen LogP contribution in [0.5, 0.6) is 0 Å². The highest BCUT2D eigenvalue weighted by Gasteiger charge is 2.16. The third-order valence-electron chi connectivity index (χ3n) is 4.68. The Morgan fingerprint density at radius 2 is 1.81 bits per heavy atom. The van der Waals surface area contributed by atoms with Crippen molar-refractivity contribution in [1.82, 2.24) is 15.1 Å². The zero-order valence-corrected chi connectivity index (χ0v) is 17.9. The molecule has 0 unspecified atom stereocenters. The number of carbonyl (C=O) groups excluding carboxylic acids is 3. The molecule has 0 aliphatic heterocycles.